The molecule has 42 heavy (non-hydrogen) atoms. The first-order valence-corrected chi connectivity index (χ1v) is 14.1. The van der Waals surface area contributed by atoms with Crippen molar-refractivity contribution in [2.45, 2.75) is 27.1 Å². The number of furan rings is 1. The number of ether oxygens (including phenoxy) is 2. The summed E-state index contributed by atoms with van der Waals surface area (Å²) in [5, 5.41) is 5.45. The van der Waals surface area contributed by atoms with E-state index in [1.807, 2.05) is 30.3 Å². The van der Waals surface area contributed by atoms with Crippen molar-refractivity contribution in [3.63, 3.8) is 0 Å². The van der Waals surface area contributed by atoms with Crippen molar-refractivity contribution in [2.75, 3.05) is 0 Å². The van der Waals surface area contributed by atoms with Crippen LogP contribution in [-0.4, -0.2) is 16.7 Å². The molecule has 0 saturated carbocycles. The molecule has 0 aliphatic rings. The topological polar surface area (TPSA) is 78.0 Å². The fourth-order valence-corrected chi connectivity index (χ4v) is 4.76. The second kappa shape index (κ2) is 13.2. The Morgan fingerprint density at radius 3 is 2.36 bits per heavy atom. The SMILES string of the molecule is Cc1ccc(C)n1-c1ccc(OCc2ccc(C(=O)N/N=C/c3cc(Cl)ccc3OCc3ccc(Cl)c(Cl)c3)o2)cc1. The monoisotopic (exact) mass is 621 g/mol. The van der Waals surface area contributed by atoms with E-state index in [4.69, 9.17) is 48.7 Å². The minimum atomic E-state index is -0.514. The smallest absolute Gasteiger partial charge is 0.307 e. The molecule has 0 atom stereocenters. The summed E-state index contributed by atoms with van der Waals surface area (Å²) in [6.45, 7) is 4.55. The number of halogens is 3. The van der Waals surface area contributed by atoms with Gasteiger partial charge in [-0.2, -0.15) is 5.10 Å². The zero-order valence-corrected chi connectivity index (χ0v) is 25.0. The molecule has 1 N–H and O–H groups in total. The molecule has 0 aliphatic heterocycles. The summed E-state index contributed by atoms with van der Waals surface area (Å²) >= 11 is 18.2. The third-order valence-corrected chi connectivity index (χ3v) is 7.33. The molecular formula is C32H26Cl3N3O4. The van der Waals surface area contributed by atoms with Crippen molar-refractivity contribution in [3.05, 3.63) is 134 Å². The standard InChI is InChI=1S/C32H26Cl3N3O4/c1-20-3-4-21(2)38(20)25-7-9-26(10-8-25)40-19-27-11-14-31(42-27)32(39)37-36-17-23-16-24(33)6-13-30(23)41-18-22-5-12-28(34)29(35)15-22/h3-17H,18-19H2,1-2H3,(H,37,39)/b36-17+. The van der Waals surface area contributed by atoms with Gasteiger partial charge in [0.2, 0.25) is 0 Å². The van der Waals surface area contributed by atoms with Crippen molar-refractivity contribution in [1.82, 2.24) is 9.99 Å². The van der Waals surface area contributed by atoms with Crippen LogP contribution in [0.15, 0.2) is 94.4 Å². The number of hydrazone groups is 1. The zero-order valence-electron chi connectivity index (χ0n) is 22.7. The summed E-state index contributed by atoms with van der Waals surface area (Å²) < 4.78 is 19.6. The number of benzene rings is 3. The molecule has 0 aliphatic carbocycles. The lowest BCUT2D eigenvalue weighted by molar-refractivity contribution is 0.0923. The number of amides is 1. The predicted molar refractivity (Wildman–Crippen MR) is 166 cm³/mol. The molecule has 0 unspecified atom stereocenters. The van der Waals surface area contributed by atoms with Gasteiger partial charge in [0.15, 0.2) is 5.76 Å². The second-order valence-corrected chi connectivity index (χ2v) is 10.7. The van der Waals surface area contributed by atoms with Gasteiger partial charge in [-0.05, 0) is 98.3 Å². The van der Waals surface area contributed by atoms with Crippen LogP contribution in [0.4, 0.5) is 0 Å². The largest absolute Gasteiger partial charge is 0.488 e. The summed E-state index contributed by atoms with van der Waals surface area (Å²) in [5.74, 6) is 1.29. The molecular weight excluding hydrogens is 597 g/mol. The molecule has 0 saturated heterocycles. The Morgan fingerprint density at radius 1 is 0.857 bits per heavy atom. The normalized spacial score (nSPS) is 11.2. The minimum absolute atomic E-state index is 0.0989. The molecule has 0 spiro atoms. The first-order chi connectivity index (χ1) is 20.3. The van der Waals surface area contributed by atoms with Crippen molar-refractivity contribution in [2.24, 2.45) is 5.10 Å². The van der Waals surface area contributed by atoms with E-state index in [0.717, 1.165) is 22.6 Å². The van der Waals surface area contributed by atoms with Crippen LogP contribution < -0.4 is 14.9 Å². The molecule has 7 nitrogen and oxygen atoms in total. The van der Waals surface area contributed by atoms with Crippen LogP contribution in [0.25, 0.3) is 5.69 Å². The van der Waals surface area contributed by atoms with Crippen LogP contribution in [0, 0.1) is 13.8 Å². The molecule has 5 rings (SSSR count). The van der Waals surface area contributed by atoms with E-state index in [0.29, 0.717) is 37.9 Å². The van der Waals surface area contributed by atoms with Gasteiger partial charge in [0, 0.05) is 27.7 Å². The first kappa shape index (κ1) is 29.3. The maximum atomic E-state index is 12.6. The van der Waals surface area contributed by atoms with E-state index in [2.05, 4.69) is 41.1 Å². The van der Waals surface area contributed by atoms with Gasteiger partial charge in [0.05, 0.1) is 16.3 Å². The molecule has 2 heterocycles. The fourth-order valence-electron chi connectivity index (χ4n) is 4.26. The maximum absolute atomic E-state index is 12.6. The Balaban J connectivity index is 1.15. The average Bonchev–Trinajstić information content (AvgIpc) is 3.59. The van der Waals surface area contributed by atoms with Gasteiger partial charge in [-0.25, -0.2) is 5.43 Å². The highest BCUT2D eigenvalue weighted by Gasteiger charge is 2.12. The predicted octanol–water partition coefficient (Wildman–Crippen LogP) is 8.57. The van der Waals surface area contributed by atoms with Gasteiger partial charge < -0.3 is 18.5 Å². The number of nitrogens with zero attached hydrogens (tertiary/aromatic N) is 2. The number of rotatable bonds is 10. The van der Waals surface area contributed by atoms with E-state index >= 15 is 0 Å². The van der Waals surface area contributed by atoms with Crippen molar-refractivity contribution >= 4 is 46.9 Å². The molecule has 0 fully saturated rings. The quantitative estimate of drug-likeness (QED) is 0.125. The molecule has 5 aromatic rings. The summed E-state index contributed by atoms with van der Waals surface area (Å²) in [4.78, 5) is 12.6. The Hall–Kier alpha value is -4.17. The van der Waals surface area contributed by atoms with Crippen LogP contribution in [0.3, 0.4) is 0 Å². The lowest BCUT2D eigenvalue weighted by Crippen LogP contribution is -2.16. The van der Waals surface area contributed by atoms with Gasteiger partial charge in [0.1, 0.15) is 30.5 Å². The summed E-state index contributed by atoms with van der Waals surface area (Å²) in [6.07, 6.45) is 1.45. The van der Waals surface area contributed by atoms with Crippen molar-refractivity contribution in [3.8, 4) is 17.2 Å². The fraction of sp³-hybridized carbons (Fsp3) is 0.125. The van der Waals surface area contributed by atoms with Crippen molar-refractivity contribution < 1.29 is 18.7 Å². The summed E-state index contributed by atoms with van der Waals surface area (Å²) in [5.41, 5.74) is 7.25. The molecule has 3 aromatic carbocycles. The Morgan fingerprint density at radius 2 is 1.62 bits per heavy atom. The molecule has 2 aromatic heterocycles. The van der Waals surface area contributed by atoms with E-state index in [1.165, 1.54) is 6.21 Å². The van der Waals surface area contributed by atoms with Crippen LogP contribution in [0.2, 0.25) is 15.1 Å². The second-order valence-electron chi connectivity index (χ2n) is 9.42. The lowest BCUT2D eigenvalue weighted by Gasteiger charge is -2.10. The minimum Gasteiger partial charge on any atom is -0.488 e. The molecule has 214 valence electrons. The molecule has 1 amide bonds. The van der Waals surface area contributed by atoms with Gasteiger partial charge >= 0.3 is 5.91 Å². The van der Waals surface area contributed by atoms with E-state index < -0.39 is 5.91 Å². The maximum Gasteiger partial charge on any atom is 0.307 e. The van der Waals surface area contributed by atoms with Crippen LogP contribution in [0.1, 0.15) is 38.8 Å². The van der Waals surface area contributed by atoms with Gasteiger partial charge in [0.25, 0.3) is 0 Å². The lowest BCUT2D eigenvalue weighted by atomic mass is 10.2. The molecule has 10 heteroatoms. The van der Waals surface area contributed by atoms with Crippen LogP contribution in [0.5, 0.6) is 11.5 Å². The Bertz CT molecular complexity index is 1720. The third-order valence-electron chi connectivity index (χ3n) is 6.35. The average molecular weight is 623 g/mol. The highest BCUT2D eigenvalue weighted by molar-refractivity contribution is 6.42. The summed E-state index contributed by atoms with van der Waals surface area (Å²) in [7, 11) is 0. The number of carbonyl (C=O) groups excluding carboxylic acids is 1. The number of carbonyl (C=O) groups is 1. The Labute approximate surface area is 258 Å². The molecule has 0 radical (unpaired) electrons. The zero-order chi connectivity index (χ0) is 29.6. The Kier molecular flexibility index (Phi) is 9.22. The van der Waals surface area contributed by atoms with Crippen LogP contribution in [-0.2, 0) is 13.2 Å². The highest BCUT2D eigenvalue weighted by atomic mass is 35.5. The third kappa shape index (κ3) is 7.18. The van der Waals surface area contributed by atoms with Gasteiger partial charge in [-0.3, -0.25) is 4.79 Å². The number of hydrogen-bond acceptors (Lipinski definition) is 5. The van der Waals surface area contributed by atoms with Gasteiger partial charge in [-0.15, -0.1) is 0 Å². The summed E-state index contributed by atoms with van der Waals surface area (Å²) in [6, 6.07) is 25.6. The number of aromatic nitrogens is 1. The molecule has 0 bridgehead atoms. The highest BCUT2D eigenvalue weighted by Crippen LogP contribution is 2.26. The van der Waals surface area contributed by atoms with Crippen LogP contribution >= 0.6 is 34.8 Å². The number of hydrogen-bond donors (Lipinski definition) is 1. The van der Waals surface area contributed by atoms with E-state index in [-0.39, 0.29) is 19.0 Å². The van der Waals surface area contributed by atoms with E-state index in [9.17, 15) is 4.79 Å². The number of aryl methyl sites for hydroxylation is 2. The van der Waals surface area contributed by atoms with Crippen molar-refractivity contribution in [1.29, 1.82) is 0 Å². The first-order valence-electron chi connectivity index (χ1n) is 12.9. The van der Waals surface area contributed by atoms with E-state index in [1.54, 1.807) is 42.5 Å². The number of nitrogens with one attached hydrogen (secondary N) is 1. The van der Waals surface area contributed by atoms with Gasteiger partial charge in [-0.1, -0.05) is 40.9 Å².